The summed E-state index contributed by atoms with van der Waals surface area (Å²) in [5.74, 6) is 0.405. The molecule has 0 aliphatic heterocycles. The summed E-state index contributed by atoms with van der Waals surface area (Å²) < 4.78 is 4.86. The zero-order chi connectivity index (χ0) is 34.8. The third-order valence-electron chi connectivity index (χ3n) is 11.0. The second-order valence-corrected chi connectivity index (χ2v) is 14.4. The fourth-order valence-corrected chi connectivity index (χ4v) is 8.47. The van der Waals surface area contributed by atoms with Crippen LogP contribution in [-0.4, -0.2) is 9.13 Å². The maximum absolute atomic E-state index is 2.44. The van der Waals surface area contributed by atoms with Crippen molar-refractivity contribution in [1.82, 2.24) is 9.13 Å². The molecule has 0 fully saturated rings. The summed E-state index contributed by atoms with van der Waals surface area (Å²) in [4.78, 5) is 0. The molecule has 1 unspecified atom stereocenters. The van der Waals surface area contributed by atoms with Crippen molar-refractivity contribution >= 4 is 43.6 Å². The lowest BCUT2D eigenvalue weighted by Crippen LogP contribution is -2.01. The Morgan fingerprint density at radius 3 is 1.62 bits per heavy atom. The highest BCUT2D eigenvalue weighted by molar-refractivity contribution is 6.12. The van der Waals surface area contributed by atoms with E-state index >= 15 is 0 Å². The number of benzene rings is 7. The Kier molecular flexibility index (Phi) is 7.11. The molecular weight excluding hydrogens is 629 g/mol. The predicted octanol–water partition coefficient (Wildman–Crippen LogP) is 13.5. The Hall–Kier alpha value is -6.38. The zero-order valence-corrected chi connectivity index (χ0v) is 29.4. The van der Waals surface area contributed by atoms with E-state index in [1.54, 1.807) is 0 Å². The summed E-state index contributed by atoms with van der Waals surface area (Å²) in [5, 5.41) is 5.06. The van der Waals surface area contributed by atoms with Crippen LogP contribution in [0.2, 0.25) is 0 Å². The van der Waals surface area contributed by atoms with Crippen LogP contribution in [0, 0.1) is 6.92 Å². The molecule has 0 amide bonds. The van der Waals surface area contributed by atoms with Gasteiger partial charge >= 0.3 is 0 Å². The molecular formula is C50H38N2. The molecule has 7 aromatic carbocycles. The molecule has 0 saturated heterocycles. The first-order chi connectivity index (χ1) is 25.6. The van der Waals surface area contributed by atoms with Crippen molar-refractivity contribution in [2.75, 3.05) is 0 Å². The van der Waals surface area contributed by atoms with Crippen LogP contribution in [0.4, 0.5) is 0 Å². The molecule has 2 nitrogen and oxygen atoms in total. The van der Waals surface area contributed by atoms with E-state index in [4.69, 9.17) is 0 Å². The Morgan fingerprint density at radius 2 is 0.981 bits per heavy atom. The van der Waals surface area contributed by atoms with Crippen molar-refractivity contribution in [2.45, 2.75) is 26.2 Å². The van der Waals surface area contributed by atoms with Gasteiger partial charge in [-0.25, -0.2) is 0 Å². The van der Waals surface area contributed by atoms with Crippen LogP contribution in [0.15, 0.2) is 182 Å². The average molecular weight is 667 g/mol. The quantitative estimate of drug-likeness (QED) is 0.173. The fraction of sp³-hybridized carbons (Fsp3) is 0.0800. The molecule has 2 heterocycles. The van der Waals surface area contributed by atoms with E-state index in [0.717, 1.165) is 6.42 Å². The van der Waals surface area contributed by atoms with Crippen molar-refractivity contribution in [3.8, 4) is 33.6 Å². The molecule has 1 atom stereocenters. The summed E-state index contributed by atoms with van der Waals surface area (Å²) in [6.07, 6.45) is 7.84. The van der Waals surface area contributed by atoms with Crippen LogP contribution in [-0.2, 0) is 0 Å². The lowest BCUT2D eigenvalue weighted by Gasteiger charge is -2.18. The molecule has 2 heteroatoms. The number of allylic oxidation sites excluding steroid dienone is 4. The van der Waals surface area contributed by atoms with Crippen LogP contribution in [0.5, 0.6) is 0 Å². The van der Waals surface area contributed by atoms with E-state index in [2.05, 4.69) is 199 Å². The summed E-state index contributed by atoms with van der Waals surface area (Å²) in [6, 6.07) is 58.4. The average Bonchev–Trinajstić information content (AvgIpc) is 3.70. The van der Waals surface area contributed by atoms with E-state index in [-0.39, 0.29) is 0 Å². The van der Waals surface area contributed by atoms with Crippen LogP contribution in [0.1, 0.15) is 30.4 Å². The third kappa shape index (κ3) is 5.02. The standard InChI is InChI=1S/C50H38N2/c1-33-11-7-13-35(27-33)37-15-9-17-41(29-37)51-47-21-5-3-19-43(47)45-31-39(23-25-49(45)51)40-24-26-50-46(32-40)44-20-4-6-22-48(44)52(50)42-18-10-16-38(30-42)36-14-8-12-34(2)28-36/h3-27,29-32,36H,28H2,1-2H3. The maximum Gasteiger partial charge on any atom is 0.0541 e. The van der Waals surface area contributed by atoms with Gasteiger partial charge in [-0.05, 0) is 109 Å². The number of rotatable bonds is 5. The van der Waals surface area contributed by atoms with Crippen LogP contribution in [0.25, 0.3) is 77.2 Å². The minimum Gasteiger partial charge on any atom is -0.309 e. The molecule has 0 radical (unpaired) electrons. The molecule has 0 N–H and O–H groups in total. The van der Waals surface area contributed by atoms with Crippen molar-refractivity contribution in [2.24, 2.45) is 0 Å². The molecule has 52 heavy (non-hydrogen) atoms. The highest BCUT2D eigenvalue weighted by Gasteiger charge is 2.18. The van der Waals surface area contributed by atoms with Gasteiger partial charge in [0.1, 0.15) is 0 Å². The number of nitrogens with zero attached hydrogens (tertiary/aromatic N) is 2. The van der Waals surface area contributed by atoms with Crippen molar-refractivity contribution < 1.29 is 0 Å². The maximum atomic E-state index is 2.44. The first kappa shape index (κ1) is 30.4. The van der Waals surface area contributed by atoms with Gasteiger partial charge in [0.15, 0.2) is 0 Å². The van der Waals surface area contributed by atoms with Gasteiger partial charge in [-0.1, -0.05) is 126 Å². The van der Waals surface area contributed by atoms with Crippen molar-refractivity contribution in [1.29, 1.82) is 0 Å². The largest absolute Gasteiger partial charge is 0.309 e. The van der Waals surface area contributed by atoms with Gasteiger partial charge in [0.25, 0.3) is 0 Å². The minimum absolute atomic E-state index is 0.405. The summed E-state index contributed by atoms with van der Waals surface area (Å²) in [7, 11) is 0. The van der Waals surface area contributed by atoms with E-state index in [0.29, 0.717) is 5.92 Å². The second-order valence-electron chi connectivity index (χ2n) is 14.4. The highest BCUT2D eigenvalue weighted by Crippen LogP contribution is 2.39. The smallest absolute Gasteiger partial charge is 0.0541 e. The van der Waals surface area contributed by atoms with Gasteiger partial charge in [0.05, 0.1) is 22.1 Å². The Labute approximate surface area is 304 Å². The molecule has 0 saturated carbocycles. The lowest BCUT2D eigenvalue weighted by molar-refractivity contribution is 0.812. The summed E-state index contributed by atoms with van der Waals surface area (Å²) in [6.45, 7) is 4.38. The number of aromatic nitrogens is 2. The summed E-state index contributed by atoms with van der Waals surface area (Å²) in [5.41, 5.74) is 16.2. The molecule has 10 rings (SSSR count). The predicted molar refractivity (Wildman–Crippen MR) is 221 cm³/mol. The molecule has 2 aromatic heterocycles. The molecule has 248 valence electrons. The molecule has 1 aliphatic carbocycles. The number of hydrogen-bond donors (Lipinski definition) is 0. The number of fused-ring (bicyclic) bond motifs is 6. The van der Waals surface area contributed by atoms with Gasteiger partial charge < -0.3 is 9.13 Å². The fourth-order valence-electron chi connectivity index (χ4n) is 8.47. The Bertz CT molecular complexity index is 2910. The first-order valence-electron chi connectivity index (χ1n) is 18.3. The highest BCUT2D eigenvalue weighted by atomic mass is 15.0. The third-order valence-corrected chi connectivity index (χ3v) is 11.0. The lowest BCUT2D eigenvalue weighted by atomic mass is 9.89. The molecule has 1 aliphatic rings. The van der Waals surface area contributed by atoms with Crippen molar-refractivity contribution in [3.63, 3.8) is 0 Å². The van der Waals surface area contributed by atoms with Crippen LogP contribution in [0.3, 0.4) is 0 Å². The Balaban J connectivity index is 1.10. The van der Waals surface area contributed by atoms with Gasteiger partial charge in [-0.3, -0.25) is 0 Å². The van der Waals surface area contributed by atoms with Gasteiger partial charge in [-0.2, -0.15) is 0 Å². The van der Waals surface area contributed by atoms with Gasteiger partial charge in [0.2, 0.25) is 0 Å². The van der Waals surface area contributed by atoms with E-state index in [1.165, 1.54) is 93.9 Å². The number of para-hydroxylation sites is 2. The number of hydrogen-bond acceptors (Lipinski definition) is 0. The topological polar surface area (TPSA) is 9.86 Å². The Morgan fingerprint density at radius 1 is 0.442 bits per heavy atom. The molecule has 9 aromatic rings. The monoisotopic (exact) mass is 666 g/mol. The van der Waals surface area contributed by atoms with Crippen LogP contribution < -0.4 is 0 Å². The van der Waals surface area contributed by atoms with E-state index in [9.17, 15) is 0 Å². The second kappa shape index (κ2) is 12.1. The van der Waals surface area contributed by atoms with E-state index in [1.807, 2.05) is 0 Å². The minimum atomic E-state index is 0.405. The van der Waals surface area contributed by atoms with Crippen molar-refractivity contribution in [3.05, 3.63) is 193 Å². The zero-order valence-electron chi connectivity index (χ0n) is 29.4. The SMILES string of the molecule is CC1=CC=CC(c2cccc(-n3c4ccccc4c4cc(-c5ccc6c(c5)c5ccccc5n6-c5cccc(-c6cccc(C)c6)c5)ccc43)c2)C1. The van der Waals surface area contributed by atoms with Gasteiger partial charge in [-0.15, -0.1) is 0 Å². The first-order valence-corrected chi connectivity index (χ1v) is 18.3. The molecule has 0 spiro atoms. The van der Waals surface area contributed by atoms with E-state index < -0.39 is 0 Å². The normalized spacial score (nSPS) is 14.5. The van der Waals surface area contributed by atoms with Gasteiger partial charge in [0, 0.05) is 38.8 Å². The summed E-state index contributed by atoms with van der Waals surface area (Å²) >= 11 is 0. The van der Waals surface area contributed by atoms with Crippen LogP contribution >= 0.6 is 0 Å². The number of aryl methyl sites for hydroxylation is 1. The molecule has 0 bridgehead atoms.